The zero-order chi connectivity index (χ0) is 8.15. The first-order valence-corrected chi connectivity index (χ1v) is 3.59. The summed E-state index contributed by atoms with van der Waals surface area (Å²) in [6.07, 6.45) is -0.765. The molecule has 0 N–H and O–H groups in total. The molecule has 1 saturated heterocycles. The molecule has 2 nitrogen and oxygen atoms in total. The number of carbonyl (C=O) groups is 1. The van der Waals surface area contributed by atoms with Gasteiger partial charge >= 0.3 is 0 Å². The van der Waals surface area contributed by atoms with E-state index in [0.29, 0.717) is 13.1 Å². The Morgan fingerprint density at radius 1 is 1.50 bits per heavy atom. The van der Waals surface area contributed by atoms with Crippen molar-refractivity contribution in [2.75, 3.05) is 13.1 Å². The molecule has 1 fully saturated rings. The number of carbonyl (C=O) groups excluding carboxylic acids is 1. The monoisotopic (exact) mass is 147 g/mol. The van der Waals surface area contributed by atoms with E-state index >= 15 is 0 Å². The average molecular weight is 147 g/mol. The number of likely N-dealkylation sites (tertiary alicyclic amines) is 1. The van der Waals surface area contributed by atoms with Crippen molar-refractivity contribution in [3.63, 3.8) is 0 Å². The SMILES string of the molecule is CC.CC(=O)N1CC(F)C1. The van der Waals surface area contributed by atoms with Gasteiger partial charge in [0.25, 0.3) is 0 Å². The molecular weight excluding hydrogens is 133 g/mol. The fraction of sp³-hybridized carbons (Fsp3) is 0.857. The molecule has 0 aliphatic carbocycles. The Labute approximate surface area is 61.0 Å². The van der Waals surface area contributed by atoms with E-state index in [4.69, 9.17) is 0 Å². The molecular formula is C7H14FNO. The summed E-state index contributed by atoms with van der Waals surface area (Å²) in [5, 5.41) is 0. The highest BCUT2D eigenvalue weighted by Crippen LogP contribution is 2.09. The lowest BCUT2D eigenvalue weighted by Crippen LogP contribution is -2.50. The fourth-order valence-corrected chi connectivity index (χ4v) is 0.682. The van der Waals surface area contributed by atoms with Gasteiger partial charge in [-0.3, -0.25) is 4.79 Å². The molecule has 0 aromatic carbocycles. The predicted molar refractivity (Wildman–Crippen MR) is 38.5 cm³/mol. The van der Waals surface area contributed by atoms with Crippen molar-refractivity contribution < 1.29 is 9.18 Å². The zero-order valence-electron chi connectivity index (χ0n) is 6.72. The number of halogens is 1. The number of hydrogen-bond acceptors (Lipinski definition) is 1. The maximum atomic E-state index is 11.9. The van der Waals surface area contributed by atoms with E-state index in [1.807, 2.05) is 13.8 Å². The van der Waals surface area contributed by atoms with Crippen molar-refractivity contribution in [3.8, 4) is 0 Å². The van der Waals surface area contributed by atoms with E-state index in [-0.39, 0.29) is 5.91 Å². The lowest BCUT2D eigenvalue weighted by Gasteiger charge is -2.33. The van der Waals surface area contributed by atoms with Gasteiger partial charge in [0, 0.05) is 6.92 Å². The molecule has 1 heterocycles. The summed E-state index contributed by atoms with van der Waals surface area (Å²) in [7, 11) is 0. The van der Waals surface area contributed by atoms with Crippen LogP contribution in [0, 0.1) is 0 Å². The molecule has 1 rings (SSSR count). The van der Waals surface area contributed by atoms with E-state index in [0.717, 1.165) is 0 Å². The van der Waals surface area contributed by atoms with Crippen LogP contribution >= 0.6 is 0 Å². The Bertz CT molecular complexity index is 110. The van der Waals surface area contributed by atoms with Crippen LogP contribution in [0.2, 0.25) is 0 Å². The smallest absolute Gasteiger partial charge is 0.219 e. The normalized spacial score (nSPS) is 17.0. The van der Waals surface area contributed by atoms with E-state index < -0.39 is 6.17 Å². The number of hydrogen-bond donors (Lipinski definition) is 0. The topological polar surface area (TPSA) is 20.3 Å². The van der Waals surface area contributed by atoms with Gasteiger partial charge in [-0.05, 0) is 0 Å². The van der Waals surface area contributed by atoms with Gasteiger partial charge in [0.2, 0.25) is 5.91 Å². The van der Waals surface area contributed by atoms with Crippen LogP contribution in [-0.4, -0.2) is 30.1 Å². The minimum absolute atomic E-state index is 0.0288. The lowest BCUT2D eigenvalue weighted by atomic mass is 10.2. The first kappa shape index (κ1) is 9.40. The van der Waals surface area contributed by atoms with Gasteiger partial charge in [0.05, 0.1) is 13.1 Å². The van der Waals surface area contributed by atoms with Crippen LogP contribution in [0.1, 0.15) is 20.8 Å². The Morgan fingerprint density at radius 2 is 1.90 bits per heavy atom. The largest absolute Gasteiger partial charge is 0.337 e. The summed E-state index contributed by atoms with van der Waals surface area (Å²) in [6.45, 7) is 6.05. The second-order valence-corrected chi connectivity index (χ2v) is 2.02. The first-order valence-electron chi connectivity index (χ1n) is 3.59. The van der Waals surface area contributed by atoms with E-state index in [1.54, 1.807) is 0 Å². The maximum Gasteiger partial charge on any atom is 0.219 e. The van der Waals surface area contributed by atoms with Crippen LogP contribution in [0.5, 0.6) is 0 Å². The first-order chi connectivity index (χ1) is 4.70. The van der Waals surface area contributed by atoms with Gasteiger partial charge in [-0.25, -0.2) is 4.39 Å². The van der Waals surface area contributed by atoms with E-state index in [2.05, 4.69) is 0 Å². The highest BCUT2D eigenvalue weighted by molar-refractivity contribution is 5.74. The molecule has 0 aromatic rings. The third-order valence-corrected chi connectivity index (χ3v) is 1.28. The molecule has 60 valence electrons. The molecule has 0 aromatic heterocycles. The third-order valence-electron chi connectivity index (χ3n) is 1.28. The second kappa shape index (κ2) is 4.25. The Hall–Kier alpha value is -0.600. The minimum Gasteiger partial charge on any atom is -0.337 e. The fourth-order valence-electron chi connectivity index (χ4n) is 0.682. The van der Waals surface area contributed by atoms with Crippen LogP contribution in [0.15, 0.2) is 0 Å². The summed E-state index contributed by atoms with van der Waals surface area (Å²) < 4.78 is 11.9. The van der Waals surface area contributed by atoms with Crippen LogP contribution < -0.4 is 0 Å². The molecule has 0 bridgehead atoms. The van der Waals surface area contributed by atoms with Crippen molar-refractivity contribution >= 4 is 5.91 Å². The summed E-state index contributed by atoms with van der Waals surface area (Å²) in [5.41, 5.74) is 0. The van der Waals surface area contributed by atoms with Crippen molar-refractivity contribution in [2.24, 2.45) is 0 Å². The van der Waals surface area contributed by atoms with Crippen LogP contribution in [0.25, 0.3) is 0 Å². The maximum absolute atomic E-state index is 11.9. The van der Waals surface area contributed by atoms with Gasteiger partial charge in [-0.15, -0.1) is 0 Å². The van der Waals surface area contributed by atoms with Gasteiger partial charge in [0.1, 0.15) is 6.17 Å². The molecule has 3 heteroatoms. The molecule has 0 spiro atoms. The summed E-state index contributed by atoms with van der Waals surface area (Å²) >= 11 is 0. The molecule has 0 unspecified atom stereocenters. The third kappa shape index (κ3) is 2.33. The molecule has 10 heavy (non-hydrogen) atoms. The van der Waals surface area contributed by atoms with Gasteiger partial charge in [0.15, 0.2) is 0 Å². The van der Waals surface area contributed by atoms with Crippen LogP contribution in [0.4, 0.5) is 4.39 Å². The Kier molecular flexibility index (Phi) is 4.00. The molecule has 1 amide bonds. The van der Waals surface area contributed by atoms with E-state index in [9.17, 15) is 9.18 Å². The summed E-state index contributed by atoms with van der Waals surface area (Å²) in [6, 6.07) is 0. The second-order valence-electron chi connectivity index (χ2n) is 2.02. The number of nitrogens with zero attached hydrogens (tertiary/aromatic N) is 1. The van der Waals surface area contributed by atoms with E-state index in [1.165, 1.54) is 11.8 Å². The Balaban J connectivity index is 0.000000371. The number of amides is 1. The van der Waals surface area contributed by atoms with Gasteiger partial charge in [-0.1, -0.05) is 13.8 Å². The highest BCUT2D eigenvalue weighted by atomic mass is 19.1. The van der Waals surface area contributed by atoms with Gasteiger partial charge in [-0.2, -0.15) is 0 Å². The predicted octanol–water partition coefficient (Wildman–Crippen LogP) is 1.21. The number of alkyl halides is 1. The number of rotatable bonds is 0. The van der Waals surface area contributed by atoms with Crippen LogP contribution in [0.3, 0.4) is 0 Å². The van der Waals surface area contributed by atoms with Crippen molar-refractivity contribution in [3.05, 3.63) is 0 Å². The zero-order valence-corrected chi connectivity index (χ0v) is 6.72. The summed E-state index contributed by atoms with van der Waals surface area (Å²) in [5.74, 6) is -0.0288. The van der Waals surface area contributed by atoms with Crippen molar-refractivity contribution in [1.29, 1.82) is 0 Å². The minimum atomic E-state index is -0.765. The molecule has 1 aliphatic heterocycles. The molecule has 0 saturated carbocycles. The van der Waals surface area contributed by atoms with Crippen LogP contribution in [-0.2, 0) is 4.79 Å². The van der Waals surface area contributed by atoms with Crippen molar-refractivity contribution in [2.45, 2.75) is 26.9 Å². The standard InChI is InChI=1S/C5H8FNO.C2H6/c1-4(8)7-2-5(6)3-7;1-2/h5H,2-3H2,1H3;1-2H3. The average Bonchev–Trinajstić information content (AvgIpc) is 1.86. The Morgan fingerprint density at radius 3 is 2.00 bits per heavy atom. The quantitative estimate of drug-likeness (QED) is 0.504. The highest BCUT2D eigenvalue weighted by Gasteiger charge is 2.27. The lowest BCUT2D eigenvalue weighted by molar-refractivity contribution is -0.135. The molecule has 1 aliphatic rings. The van der Waals surface area contributed by atoms with Gasteiger partial charge < -0.3 is 4.90 Å². The van der Waals surface area contributed by atoms with Crippen molar-refractivity contribution in [1.82, 2.24) is 4.90 Å². The summed E-state index contributed by atoms with van der Waals surface area (Å²) in [4.78, 5) is 11.8. The molecule has 0 atom stereocenters. The molecule has 0 radical (unpaired) electrons.